The van der Waals surface area contributed by atoms with E-state index in [2.05, 4.69) is 5.32 Å². The van der Waals surface area contributed by atoms with Crippen LogP contribution in [-0.4, -0.2) is 19.1 Å². The highest BCUT2D eigenvalue weighted by Gasteiger charge is 2.20. The second-order valence-electron chi connectivity index (χ2n) is 4.97. The van der Waals surface area contributed by atoms with Crippen molar-refractivity contribution in [3.63, 3.8) is 0 Å². The number of hydrogen-bond donors (Lipinski definition) is 1. The van der Waals surface area contributed by atoms with E-state index in [9.17, 15) is 4.79 Å². The monoisotopic (exact) mass is 299 g/mol. The molecule has 0 saturated carbocycles. The molecule has 4 heteroatoms. The SMILES string of the molecule is CC[C@H](Oc1ccccc1OC)C(=O)Nc1ccccc1C. The van der Waals surface area contributed by atoms with Crippen LogP contribution in [0.15, 0.2) is 48.5 Å². The number of para-hydroxylation sites is 3. The molecule has 0 radical (unpaired) electrons. The van der Waals surface area contributed by atoms with Gasteiger partial charge in [-0.05, 0) is 37.1 Å². The number of anilines is 1. The third kappa shape index (κ3) is 3.79. The average molecular weight is 299 g/mol. The number of carbonyl (C=O) groups is 1. The molecule has 0 spiro atoms. The topological polar surface area (TPSA) is 47.6 Å². The van der Waals surface area contributed by atoms with Gasteiger partial charge in [0, 0.05) is 5.69 Å². The van der Waals surface area contributed by atoms with Crippen LogP contribution in [0.1, 0.15) is 18.9 Å². The molecule has 1 N–H and O–H groups in total. The van der Waals surface area contributed by atoms with E-state index in [1.807, 2.05) is 50.2 Å². The van der Waals surface area contributed by atoms with Gasteiger partial charge >= 0.3 is 0 Å². The Morgan fingerprint density at radius 2 is 1.73 bits per heavy atom. The minimum Gasteiger partial charge on any atom is -0.493 e. The quantitative estimate of drug-likeness (QED) is 0.882. The number of ether oxygens (including phenoxy) is 2. The standard InChI is InChI=1S/C18H21NO3/c1-4-15(22-17-12-8-7-11-16(17)21-3)18(20)19-14-10-6-5-9-13(14)2/h5-12,15H,4H2,1-3H3,(H,19,20)/t15-/m0/s1. The van der Waals surface area contributed by atoms with Crippen LogP contribution in [0.25, 0.3) is 0 Å². The van der Waals surface area contributed by atoms with Gasteiger partial charge in [0.2, 0.25) is 0 Å². The number of methoxy groups -OCH3 is 1. The Hall–Kier alpha value is -2.49. The second kappa shape index (κ2) is 7.50. The Labute approximate surface area is 131 Å². The van der Waals surface area contributed by atoms with Crippen molar-refractivity contribution >= 4 is 11.6 Å². The van der Waals surface area contributed by atoms with Gasteiger partial charge in [0.1, 0.15) is 0 Å². The Kier molecular flexibility index (Phi) is 5.42. The van der Waals surface area contributed by atoms with Gasteiger partial charge in [-0.3, -0.25) is 4.79 Å². The summed E-state index contributed by atoms with van der Waals surface area (Å²) in [5.41, 5.74) is 1.82. The summed E-state index contributed by atoms with van der Waals surface area (Å²) >= 11 is 0. The highest BCUT2D eigenvalue weighted by molar-refractivity contribution is 5.95. The van der Waals surface area contributed by atoms with Crippen molar-refractivity contribution in [3.8, 4) is 11.5 Å². The number of hydrogen-bond acceptors (Lipinski definition) is 3. The number of amides is 1. The van der Waals surface area contributed by atoms with E-state index >= 15 is 0 Å². The summed E-state index contributed by atoms with van der Waals surface area (Å²) in [6.45, 7) is 3.87. The lowest BCUT2D eigenvalue weighted by molar-refractivity contribution is -0.122. The van der Waals surface area contributed by atoms with E-state index in [1.54, 1.807) is 19.2 Å². The molecule has 116 valence electrons. The minimum atomic E-state index is -0.573. The summed E-state index contributed by atoms with van der Waals surface area (Å²) in [7, 11) is 1.58. The van der Waals surface area contributed by atoms with Gasteiger partial charge in [0.25, 0.3) is 5.91 Å². The van der Waals surface area contributed by atoms with E-state index < -0.39 is 6.10 Å². The van der Waals surface area contributed by atoms with Gasteiger partial charge in [0.05, 0.1) is 7.11 Å². The summed E-state index contributed by atoms with van der Waals surface area (Å²) < 4.78 is 11.1. The fourth-order valence-electron chi connectivity index (χ4n) is 2.12. The van der Waals surface area contributed by atoms with Crippen LogP contribution in [0.3, 0.4) is 0 Å². The zero-order valence-electron chi connectivity index (χ0n) is 13.1. The first-order valence-electron chi connectivity index (χ1n) is 7.32. The zero-order valence-corrected chi connectivity index (χ0v) is 13.1. The zero-order chi connectivity index (χ0) is 15.9. The first-order chi connectivity index (χ1) is 10.7. The summed E-state index contributed by atoms with van der Waals surface area (Å²) in [4.78, 5) is 12.4. The van der Waals surface area contributed by atoms with Gasteiger partial charge < -0.3 is 14.8 Å². The van der Waals surface area contributed by atoms with Gasteiger partial charge in [-0.2, -0.15) is 0 Å². The van der Waals surface area contributed by atoms with Crippen molar-refractivity contribution in [2.75, 3.05) is 12.4 Å². The Bertz CT molecular complexity index is 640. The molecule has 0 heterocycles. The van der Waals surface area contributed by atoms with E-state index in [4.69, 9.17) is 9.47 Å². The molecule has 0 bridgehead atoms. The molecular weight excluding hydrogens is 278 g/mol. The molecule has 2 rings (SSSR count). The highest BCUT2D eigenvalue weighted by atomic mass is 16.5. The molecule has 1 atom stereocenters. The van der Waals surface area contributed by atoms with Crippen molar-refractivity contribution in [1.82, 2.24) is 0 Å². The van der Waals surface area contributed by atoms with E-state index in [0.29, 0.717) is 17.9 Å². The minimum absolute atomic E-state index is 0.164. The Morgan fingerprint density at radius 3 is 2.36 bits per heavy atom. The molecule has 0 saturated heterocycles. The van der Waals surface area contributed by atoms with E-state index in [0.717, 1.165) is 11.3 Å². The van der Waals surface area contributed by atoms with Crippen molar-refractivity contribution in [2.45, 2.75) is 26.4 Å². The maximum Gasteiger partial charge on any atom is 0.265 e. The third-order valence-electron chi connectivity index (χ3n) is 3.40. The van der Waals surface area contributed by atoms with E-state index in [-0.39, 0.29) is 5.91 Å². The van der Waals surface area contributed by atoms with Crippen LogP contribution >= 0.6 is 0 Å². The average Bonchev–Trinajstić information content (AvgIpc) is 2.55. The number of aryl methyl sites for hydroxylation is 1. The van der Waals surface area contributed by atoms with Crippen molar-refractivity contribution in [1.29, 1.82) is 0 Å². The number of benzene rings is 2. The maximum absolute atomic E-state index is 12.4. The van der Waals surface area contributed by atoms with Crippen LogP contribution in [0, 0.1) is 6.92 Å². The fraction of sp³-hybridized carbons (Fsp3) is 0.278. The normalized spacial score (nSPS) is 11.6. The molecule has 0 fully saturated rings. The molecular formula is C18H21NO3. The largest absolute Gasteiger partial charge is 0.493 e. The second-order valence-corrected chi connectivity index (χ2v) is 4.97. The molecule has 0 aliphatic rings. The number of carbonyl (C=O) groups excluding carboxylic acids is 1. The van der Waals surface area contributed by atoms with Crippen LogP contribution < -0.4 is 14.8 Å². The lowest BCUT2D eigenvalue weighted by atomic mass is 10.2. The Morgan fingerprint density at radius 1 is 1.09 bits per heavy atom. The molecule has 1 amide bonds. The van der Waals surface area contributed by atoms with Gasteiger partial charge in [-0.1, -0.05) is 37.3 Å². The summed E-state index contributed by atoms with van der Waals surface area (Å²) in [5.74, 6) is 1.02. The van der Waals surface area contributed by atoms with Gasteiger partial charge in [-0.15, -0.1) is 0 Å². The van der Waals surface area contributed by atoms with Gasteiger partial charge in [-0.25, -0.2) is 0 Å². The molecule has 2 aromatic rings. The maximum atomic E-state index is 12.4. The summed E-state index contributed by atoms with van der Waals surface area (Å²) in [6.07, 6.45) is -0.00799. The predicted molar refractivity (Wildman–Crippen MR) is 87.5 cm³/mol. The van der Waals surface area contributed by atoms with Crippen LogP contribution in [-0.2, 0) is 4.79 Å². The lowest BCUT2D eigenvalue weighted by Gasteiger charge is -2.19. The first kappa shape index (κ1) is 15.9. The molecule has 0 aliphatic heterocycles. The smallest absolute Gasteiger partial charge is 0.265 e. The van der Waals surface area contributed by atoms with Crippen LogP contribution in [0.4, 0.5) is 5.69 Å². The summed E-state index contributed by atoms with van der Waals surface area (Å²) in [6, 6.07) is 15.0. The van der Waals surface area contributed by atoms with Crippen molar-refractivity contribution in [2.24, 2.45) is 0 Å². The highest BCUT2D eigenvalue weighted by Crippen LogP contribution is 2.27. The molecule has 22 heavy (non-hydrogen) atoms. The molecule has 0 unspecified atom stereocenters. The van der Waals surface area contributed by atoms with E-state index in [1.165, 1.54) is 0 Å². The number of rotatable bonds is 6. The van der Waals surface area contributed by atoms with Gasteiger partial charge in [0.15, 0.2) is 17.6 Å². The predicted octanol–water partition coefficient (Wildman–Crippen LogP) is 3.80. The molecule has 0 aromatic heterocycles. The third-order valence-corrected chi connectivity index (χ3v) is 3.40. The van der Waals surface area contributed by atoms with Crippen molar-refractivity contribution in [3.05, 3.63) is 54.1 Å². The molecule has 0 aliphatic carbocycles. The number of nitrogens with one attached hydrogen (secondary N) is 1. The summed E-state index contributed by atoms with van der Waals surface area (Å²) in [5, 5.41) is 2.91. The fourth-order valence-corrected chi connectivity index (χ4v) is 2.12. The van der Waals surface area contributed by atoms with Crippen molar-refractivity contribution < 1.29 is 14.3 Å². The lowest BCUT2D eigenvalue weighted by Crippen LogP contribution is -2.32. The molecule has 4 nitrogen and oxygen atoms in total. The molecule has 2 aromatic carbocycles. The van der Waals surface area contributed by atoms with Crippen LogP contribution in [0.2, 0.25) is 0 Å². The Balaban J connectivity index is 2.11. The van der Waals surface area contributed by atoms with Crippen LogP contribution in [0.5, 0.6) is 11.5 Å². The first-order valence-corrected chi connectivity index (χ1v) is 7.32.